The lowest BCUT2D eigenvalue weighted by Crippen LogP contribution is -2.33. The van der Waals surface area contributed by atoms with Crippen molar-refractivity contribution in [3.8, 4) is 0 Å². The van der Waals surface area contributed by atoms with Gasteiger partial charge in [0.2, 0.25) is 0 Å². The van der Waals surface area contributed by atoms with Crippen LogP contribution in [-0.2, 0) is 35.9 Å². The summed E-state index contributed by atoms with van der Waals surface area (Å²) in [5.41, 5.74) is 1.73. The van der Waals surface area contributed by atoms with Crippen LogP contribution < -0.4 is 5.32 Å². The van der Waals surface area contributed by atoms with Gasteiger partial charge in [0.1, 0.15) is 24.6 Å². The molecule has 2 aliphatic rings. The van der Waals surface area contributed by atoms with Gasteiger partial charge in [-0.3, -0.25) is 9.09 Å². The number of anilines is 1. The van der Waals surface area contributed by atoms with Gasteiger partial charge in [-0.1, -0.05) is 11.6 Å². The molecule has 0 radical (unpaired) electrons. The third-order valence-electron chi connectivity index (χ3n) is 4.76. The molecule has 2 fully saturated rings. The first-order valence-electron chi connectivity index (χ1n) is 9.90. The minimum Gasteiger partial charge on any atom is -0.387 e. The van der Waals surface area contributed by atoms with Crippen LogP contribution in [0.25, 0.3) is 11.2 Å². The van der Waals surface area contributed by atoms with Crippen molar-refractivity contribution in [2.24, 2.45) is 0 Å². The number of nitrogens with zero attached hydrogens (tertiary/aromatic N) is 4. The Kier molecular flexibility index (Phi) is 7.34. The summed E-state index contributed by atoms with van der Waals surface area (Å²) in [7, 11) is -15.5. The number of rotatable bonds is 7. The zero-order chi connectivity index (χ0) is 25.6. The number of nitrogens with one attached hydrogen (secondary N) is 1. The van der Waals surface area contributed by atoms with Crippen LogP contribution in [0.5, 0.6) is 0 Å². The highest BCUT2D eigenvalue weighted by Crippen LogP contribution is 2.80. The molecule has 194 valence electrons. The molecule has 2 saturated heterocycles. The van der Waals surface area contributed by atoms with Crippen molar-refractivity contribution >= 4 is 40.4 Å². The Bertz CT molecular complexity index is 1250. The molecule has 4 heterocycles. The van der Waals surface area contributed by atoms with Gasteiger partial charge in [0.25, 0.3) is 0 Å². The maximum atomic E-state index is 12.4. The summed E-state index contributed by atoms with van der Waals surface area (Å²) in [6, 6.07) is 0. The lowest BCUT2D eigenvalue weighted by atomic mass is 10.1. The number of aliphatic hydroxyl groups excluding tert-OH is 2. The van der Waals surface area contributed by atoms with E-state index in [1.165, 1.54) is 17.2 Å². The second-order valence-corrected chi connectivity index (χ2v) is 12.7. The first kappa shape index (κ1) is 26.5. The van der Waals surface area contributed by atoms with Gasteiger partial charge in [-0.05, 0) is 13.8 Å². The molecule has 5 N–H and O–H groups in total. The molecule has 2 aliphatic heterocycles. The molecule has 2 aromatic heterocycles. The van der Waals surface area contributed by atoms with E-state index in [1.807, 2.05) is 19.9 Å². The predicted molar refractivity (Wildman–Crippen MR) is 116 cm³/mol. The molecular formula is C15H22N5O12P3. The van der Waals surface area contributed by atoms with E-state index in [4.69, 9.17) is 9.26 Å². The van der Waals surface area contributed by atoms with Crippen LogP contribution in [0.4, 0.5) is 5.82 Å². The lowest BCUT2D eigenvalue weighted by molar-refractivity contribution is -0.0506. The molecule has 0 saturated carbocycles. The molecule has 2 aromatic rings. The Labute approximate surface area is 197 Å². The van der Waals surface area contributed by atoms with E-state index < -0.39 is 54.6 Å². The van der Waals surface area contributed by atoms with Crippen molar-refractivity contribution in [3.63, 3.8) is 0 Å². The molecule has 0 amide bonds. The maximum absolute atomic E-state index is 12.4. The van der Waals surface area contributed by atoms with Gasteiger partial charge in [0, 0.05) is 6.54 Å². The van der Waals surface area contributed by atoms with E-state index in [0.29, 0.717) is 17.9 Å². The van der Waals surface area contributed by atoms with Gasteiger partial charge in [-0.15, -0.1) is 0 Å². The number of hydrogen-bond acceptors (Lipinski definition) is 14. The Hall–Kier alpha value is -1.58. The van der Waals surface area contributed by atoms with Crippen LogP contribution in [0.1, 0.15) is 20.1 Å². The summed E-state index contributed by atoms with van der Waals surface area (Å²) in [5, 5.41) is 24.0. The Balaban J connectivity index is 1.50. The van der Waals surface area contributed by atoms with E-state index in [0.717, 1.165) is 5.57 Å². The third-order valence-corrected chi connectivity index (χ3v) is 10.1. The van der Waals surface area contributed by atoms with Crippen molar-refractivity contribution in [1.29, 1.82) is 0 Å². The highest BCUT2D eigenvalue weighted by atomic mass is 31.3. The summed E-state index contributed by atoms with van der Waals surface area (Å²) < 4.78 is 59.3. The largest absolute Gasteiger partial charge is 0.492 e. The number of allylic oxidation sites excluding steroid dienone is 1. The van der Waals surface area contributed by atoms with E-state index in [-0.39, 0.29) is 5.65 Å². The predicted octanol–water partition coefficient (Wildman–Crippen LogP) is 1.21. The molecular weight excluding hydrogens is 535 g/mol. The molecule has 35 heavy (non-hydrogen) atoms. The normalized spacial score (nSPS) is 37.4. The highest BCUT2D eigenvalue weighted by Gasteiger charge is 2.55. The Morgan fingerprint density at radius 2 is 1.80 bits per heavy atom. The Morgan fingerprint density at radius 3 is 2.46 bits per heavy atom. The SMILES string of the molecule is CC(C)=CCNc1ncnc2c1ncn2[C@@H]1O[C@H](COP2(=O)OP(=O)(O)OP(=O)(O)O2)[C@H](O)C1O. The van der Waals surface area contributed by atoms with Crippen LogP contribution in [0.2, 0.25) is 0 Å². The fourth-order valence-corrected chi connectivity index (χ4v) is 8.19. The molecule has 0 aliphatic carbocycles. The van der Waals surface area contributed by atoms with Gasteiger partial charge in [0.05, 0.1) is 12.9 Å². The first-order chi connectivity index (χ1) is 16.3. The summed E-state index contributed by atoms with van der Waals surface area (Å²) in [6.45, 7) is 3.54. The topological polar surface area (TPSA) is 234 Å². The van der Waals surface area contributed by atoms with Crippen LogP contribution in [0, 0.1) is 0 Å². The van der Waals surface area contributed by atoms with Gasteiger partial charge in [0.15, 0.2) is 23.2 Å². The van der Waals surface area contributed by atoms with Gasteiger partial charge in [-0.2, -0.15) is 12.9 Å². The van der Waals surface area contributed by atoms with Crippen molar-refractivity contribution in [1.82, 2.24) is 19.5 Å². The van der Waals surface area contributed by atoms with Crippen molar-refractivity contribution in [2.45, 2.75) is 38.4 Å². The van der Waals surface area contributed by atoms with Crippen molar-refractivity contribution in [2.75, 3.05) is 18.5 Å². The molecule has 0 bridgehead atoms. The number of phosphoric acid groups is 3. The average Bonchev–Trinajstić information content (AvgIpc) is 3.26. The fourth-order valence-electron chi connectivity index (χ4n) is 3.26. The number of hydrogen-bond donors (Lipinski definition) is 5. The quantitative estimate of drug-likeness (QED) is 0.238. The zero-order valence-corrected chi connectivity index (χ0v) is 20.8. The van der Waals surface area contributed by atoms with E-state index in [9.17, 15) is 33.7 Å². The van der Waals surface area contributed by atoms with Crippen LogP contribution in [0.15, 0.2) is 24.3 Å². The van der Waals surface area contributed by atoms with Gasteiger partial charge < -0.3 is 30.1 Å². The monoisotopic (exact) mass is 557 g/mol. The second kappa shape index (κ2) is 9.71. The first-order valence-corrected chi connectivity index (χ1v) is 14.3. The second-order valence-electron chi connectivity index (χ2n) is 7.68. The summed E-state index contributed by atoms with van der Waals surface area (Å²) in [5.74, 6) is 0.424. The standard InChI is InChI=1S/C15H22N5O12P3/c1-8(2)3-4-16-13-10-14(18-6-17-13)20(7-19-10)15-12(22)11(21)9(29-15)5-28-35(27)31-33(23,24)30-34(25,26)32-35/h3,6-7,9,11-12,15,21-22H,4-5H2,1-2H3,(H,23,24)(H,25,26)(H,16,17,18)/t9-,11+,12?,15-/m1/s1. The molecule has 4 rings (SSSR count). The fraction of sp³-hybridized carbons (Fsp3) is 0.533. The summed E-state index contributed by atoms with van der Waals surface area (Å²) >= 11 is 0. The lowest BCUT2D eigenvalue weighted by Gasteiger charge is -2.27. The number of aromatic nitrogens is 4. The van der Waals surface area contributed by atoms with E-state index in [2.05, 4.69) is 33.2 Å². The smallest absolute Gasteiger partial charge is 0.387 e. The molecule has 17 nitrogen and oxygen atoms in total. The average molecular weight is 557 g/mol. The summed E-state index contributed by atoms with van der Waals surface area (Å²) in [4.78, 5) is 31.1. The minimum atomic E-state index is -5.23. The molecule has 6 atom stereocenters. The van der Waals surface area contributed by atoms with Gasteiger partial charge in [-0.25, -0.2) is 28.6 Å². The van der Waals surface area contributed by atoms with Crippen molar-refractivity contribution < 1.29 is 55.9 Å². The van der Waals surface area contributed by atoms with Gasteiger partial charge >= 0.3 is 23.5 Å². The molecule has 20 heteroatoms. The zero-order valence-electron chi connectivity index (χ0n) is 18.1. The molecule has 0 spiro atoms. The van der Waals surface area contributed by atoms with Crippen LogP contribution in [-0.4, -0.2) is 71.0 Å². The number of fused-ring (bicyclic) bond motifs is 1. The van der Waals surface area contributed by atoms with E-state index in [1.54, 1.807) is 0 Å². The Morgan fingerprint density at radius 1 is 1.11 bits per heavy atom. The summed E-state index contributed by atoms with van der Waals surface area (Å²) in [6.07, 6.45) is -1.22. The number of ether oxygens (including phenoxy) is 1. The number of aliphatic hydroxyl groups is 2. The highest BCUT2D eigenvalue weighted by molar-refractivity contribution is 7.74. The van der Waals surface area contributed by atoms with Crippen LogP contribution >= 0.6 is 23.5 Å². The molecule has 3 unspecified atom stereocenters. The molecule has 0 aromatic carbocycles. The van der Waals surface area contributed by atoms with E-state index >= 15 is 0 Å². The van der Waals surface area contributed by atoms with Crippen LogP contribution in [0.3, 0.4) is 0 Å². The minimum absolute atomic E-state index is 0.267. The number of imidazole rings is 1. The maximum Gasteiger partial charge on any atom is 0.492 e. The third kappa shape index (κ3) is 5.88. The van der Waals surface area contributed by atoms with Crippen molar-refractivity contribution in [3.05, 3.63) is 24.3 Å².